The third-order valence-corrected chi connectivity index (χ3v) is 3.05. The second-order valence-corrected chi connectivity index (χ2v) is 5.94. The molecule has 0 radical (unpaired) electrons. The van der Waals surface area contributed by atoms with Crippen molar-refractivity contribution in [1.29, 1.82) is 0 Å². The fourth-order valence-electron chi connectivity index (χ4n) is 1.70. The number of thiophene rings is 1. The molecule has 0 aromatic carbocycles. The molecule has 1 aromatic heterocycles. The van der Waals surface area contributed by atoms with Gasteiger partial charge < -0.3 is 5.11 Å². The molecule has 13 heavy (non-hydrogen) atoms. The highest BCUT2D eigenvalue weighted by molar-refractivity contribution is 7.10. The van der Waals surface area contributed by atoms with Crippen LogP contribution in [0.3, 0.4) is 0 Å². The standard InChI is InChI=1S/C11H18OS/c1-10(2,3)8-11(4,12)9-6-5-7-13-9/h5-7,12H,8H2,1-4H3. The highest BCUT2D eigenvalue weighted by Gasteiger charge is 2.29. The maximum atomic E-state index is 10.2. The molecule has 2 heteroatoms. The van der Waals surface area contributed by atoms with Gasteiger partial charge in [0, 0.05) is 4.88 Å². The lowest BCUT2D eigenvalue weighted by molar-refractivity contribution is 0.0185. The second-order valence-electron chi connectivity index (χ2n) is 4.99. The molecule has 0 bridgehead atoms. The van der Waals surface area contributed by atoms with Gasteiger partial charge in [-0.1, -0.05) is 26.8 Å². The van der Waals surface area contributed by atoms with Crippen molar-refractivity contribution in [3.05, 3.63) is 22.4 Å². The molecular weight excluding hydrogens is 180 g/mol. The number of hydrogen-bond donors (Lipinski definition) is 1. The van der Waals surface area contributed by atoms with Gasteiger partial charge in [-0.05, 0) is 30.2 Å². The maximum Gasteiger partial charge on any atom is 0.0964 e. The SMILES string of the molecule is CC(C)(C)CC(C)(O)c1cccs1. The van der Waals surface area contributed by atoms with Crippen LogP contribution in [0.2, 0.25) is 0 Å². The maximum absolute atomic E-state index is 10.2. The van der Waals surface area contributed by atoms with Crippen LogP contribution < -0.4 is 0 Å². The van der Waals surface area contributed by atoms with Crippen LogP contribution in [0.1, 0.15) is 39.0 Å². The molecule has 74 valence electrons. The Morgan fingerprint density at radius 3 is 2.31 bits per heavy atom. The minimum Gasteiger partial charge on any atom is -0.385 e. The van der Waals surface area contributed by atoms with Gasteiger partial charge in [0.2, 0.25) is 0 Å². The van der Waals surface area contributed by atoms with Crippen molar-refractivity contribution in [3.63, 3.8) is 0 Å². The summed E-state index contributed by atoms with van der Waals surface area (Å²) in [6.07, 6.45) is 0.792. The Kier molecular flexibility index (Phi) is 2.83. The van der Waals surface area contributed by atoms with Gasteiger partial charge in [-0.15, -0.1) is 11.3 Å². The van der Waals surface area contributed by atoms with Crippen LogP contribution in [0.5, 0.6) is 0 Å². The summed E-state index contributed by atoms with van der Waals surface area (Å²) in [6, 6.07) is 3.98. The lowest BCUT2D eigenvalue weighted by Crippen LogP contribution is -2.26. The Balaban J connectivity index is 2.78. The largest absolute Gasteiger partial charge is 0.385 e. The van der Waals surface area contributed by atoms with E-state index in [9.17, 15) is 5.11 Å². The van der Waals surface area contributed by atoms with Gasteiger partial charge in [0.15, 0.2) is 0 Å². The first kappa shape index (κ1) is 10.7. The molecule has 0 aliphatic carbocycles. The Hall–Kier alpha value is -0.340. The van der Waals surface area contributed by atoms with Crippen molar-refractivity contribution in [2.45, 2.75) is 39.7 Å². The molecule has 0 aliphatic rings. The Morgan fingerprint density at radius 2 is 1.92 bits per heavy atom. The summed E-state index contributed by atoms with van der Waals surface area (Å²) in [5, 5.41) is 12.2. The normalized spacial score (nSPS) is 17.0. The van der Waals surface area contributed by atoms with Crippen molar-refractivity contribution in [2.24, 2.45) is 5.41 Å². The summed E-state index contributed by atoms with van der Waals surface area (Å²) in [5.74, 6) is 0. The topological polar surface area (TPSA) is 20.2 Å². The van der Waals surface area contributed by atoms with Crippen LogP contribution in [0.15, 0.2) is 17.5 Å². The molecule has 1 N–H and O–H groups in total. The van der Waals surface area contributed by atoms with E-state index in [1.165, 1.54) is 0 Å². The molecule has 1 nitrogen and oxygen atoms in total. The zero-order valence-electron chi connectivity index (χ0n) is 8.79. The molecule has 1 aromatic rings. The summed E-state index contributed by atoms with van der Waals surface area (Å²) in [4.78, 5) is 1.06. The third kappa shape index (κ3) is 3.12. The first-order chi connectivity index (χ1) is 5.81. The summed E-state index contributed by atoms with van der Waals surface area (Å²) in [7, 11) is 0. The molecule has 1 rings (SSSR count). The van der Waals surface area contributed by atoms with Gasteiger partial charge >= 0.3 is 0 Å². The monoisotopic (exact) mass is 198 g/mol. The van der Waals surface area contributed by atoms with Gasteiger partial charge in [-0.25, -0.2) is 0 Å². The van der Waals surface area contributed by atoms with E-state index in [0.29, 0.717) is 0 Å². The van der Waals surface area contributed by atoms with Crippen molar-refractivity contribution in [2.75, 3.05) is 0 Å². The first-order valence-electron chi connectivity index (χ1n) is 4.58. The van der Waals surface area contributed by atoms with Crippen molar-refractivity contribution >= 4 is 11.3 Å². The molecule has 1 heterocycles. The van der Waals surface area contributed by atoms with Gasteiger partial charge in [0.1, 0.15) is 0 Å². The lowest BCUT2D eigenvalue weighted by atomic mass is 9.82. The quantitative estimate of drug-likeness (QED) is 0.772. The van der Waals surface area contributed by atoms with E-state index < -0.39 is 5.60 Å². The van der Waals surface area contributed by atoms with Crippen LogP contribution in [0, 0.1) is 5.41 Å². The van der Waals surface area contributed by atoms with Crippen LogP contribution in [0.4, 0.5) is 0 Å². The van der Waals surface area contributed by atoms with E-state index in [4.69, 9.17) is 0 Å². The Morgan fingerprint density at radius 1 is 1.31 bits per heavy atom. The molecule has 1 atom stereocenters. The van der Waals surface area contributed by atoms with Gasteiger partial charge in [-0.3, -0.25) is 0 Å². The van der Waals surface area contributed by atoms with Crippen LogP contribution >= 0.6 is 11.3 Å². The first-order valence-corrected chi connectivity index (χ1v) is 5.46. The van der Waals surface area contributed by atoms with Crippen LogP contribution in [-0.4, -0.2) is 5.11 Å². The van der Waals surface area contributed by atoms with E-state index in [2.05, 4.69) is 20.8 Å². The minimum atomic E-state index is -0.674. The van der Waals surface area contributed by atoms with Gasteiger partial charge in [0.05, 0.1) is 5.60 Å². The summed E-state index contributed by atoms with van der Waals surface area (Å²) >= 11 is 1.62. The van der Waals surface area contributed by atoms with Crippen molar-refractivity contribution in [3.8, 4) is 0 Å². The number of hydrogen-bond acceptors (Lipinski definition) is 2. The minimum absolute atomic E-state index is 0.160. The summed E-state index contributed by atoms with van der Waals surface area (Å²) < 4.78 is 0. The average molecular weight is 198 g/mol. The van der Waals surface area contributed by atoms with Gasteiger partial charge in [0.25, 0.3) is 0 Å². The molecule has 0 saturated heterocycles. The number of rotatable bonds is 2. The fourth-order valence-corrected chi connectivity index (χ4v) is 2.49. The predicted molar refractivity (Wildman–Crippen MR) is 58.0 cm³/mol. The molecular formula is C11H18OS. The summed E-state index contributed by atoms with van der Waals surface area (Å²) in [5.41, 5.74) is -0.514. The molecule has 0 saturated carbocycles. The molecule has 0 fully saturated rings. The van der Waals surface area contributed by atoms with E-state index >= 15 is 0 Å². The van der Waals surface area contributed by atoms with E-state index in [0.717, 1.165) is 11.3 Å². The Labute approximate surface area is 84.4 Å². The fraction of sp³-hybridized carbons (Fsp3) is 0.636. The van der Waals surface area contributed by atoms with E-state index in [1.807, 2.05) is 24.4 Å². The molecule has 0 amide bonds. The molecule has 0 aliphatic heterocycles. The van der Waals surface area contributed by atoms with Gasteiger partial charge in [-0.2, -0.15) is 0 Å². The summed E-state index contributed by atoms with van der Waals surface area (Å²) in [6.45, 7) is 8.34. The predicted octanol–water partition coefficient (Wildman–Crippen LogP) is 3.39. The number of aliphatic hydroxyl groups is 1. The third-order valence-electron chi connectivity index (χ3n) is 1.93. The molecule has 0 spiro atoms. The lowest BCUT2D eigenvalue weighted by Gasteiger charge is -2.30. The highest BCUT2D eigenvalue weighted by atomic mass is 32.1. The average Bonchev–Trinajstić information content (AvgIpc) is 2.29. The molecule has 1 unspecified atom stereocenters. The van der Waals surface area contributed by atoms with Crippen LogP contribution in [-0.2, 0) is 5.60 Å². The Bertz CT molecular complexity index is 254. The van der Waals surface area contributed by atoms with Crippen molar-refractivity contribution < 1.29 is 5.11 Å². The second kappa shape index (κ2) is 3.43. The van der Waals surface area contributed by atoms with E-state index in [-0.39, 0.29) is 5.41 Å². The van der Waals surface area contributed by atoms with Crippen LogP contribution in [0.25, 0.3) is 0 Å². The zero-order chi connectivity index (χ0) is 10.1. The highest BCUT2D eigenvalue weighted by Crippen LogP contribution is 2.36. The van der Waals surface area contributed by atoms with E-state index in [1.54, 1.807) is 11.3 Å². The van der Waals surface area contributed by atoms with Crippen molar-refractivity contribution in [1.82, 2.24) is 0 Å². The zero-order valence-corrected chi connectivity index (χ0v) is 9.61. The smallest absolute Gasteiger partial charge is 0.0964 e.